The van der Waals surface area contributed by atoms with E-state index in [1.54, 1.807) is 0 Å². The minimum atomic E-state index is -0.172. The molecule has 0 amide bonds. The van der Waals surface area contributed by atoms with Gasteiger partial charge in [0.15, 0.2) is 0 Å². The SMILES string of the molecule is C/C=C\CC/C=C\CCCCCCOC(C)=O. The fourth-order valence-corrected chi connectivity index (χ4v) is 1.53. The molecule has 98 valence electrons. The Bertz CT molecular complexity index is 229. The largest absolute Gasteiger partial charge is 0.466 e. The van der Waals surface area contributed by atoms with Crippen LogP contribution in [0.5, 0.6) is 0 Å². The maximum Gasteiger partial charge on any atom is 0.302 e. The second kappa shape index (κ2) is 13.0. The highest BCUT2D eigenvalue weighted by Crippen LogP contribution is 2.04. The molecule has 0 N–H and O–H groups in total. The molecular weight excluding hydrogens is 212 g/mol. The first-order valence-corrected chi connectivity index (χ1v) is 6.67. The number of allylic oxidation sites excluding steroid dienone is 4. The van der Waals surface area contributed by atoms with Crippen LogP contribution in [0.4, 0.5) is 0 Å². The van der Waals surface area contributed by atoms with Gasteiger partial charge in [-0.2, -0.15) is 0 Å². The minimum absolute atomic E-state index is 0.172. The lowest BCUT2D eigenvalue weighted by Gasteiger charge is -2.00. The molecule has 0 aliphatic carbocycles. The molecule has 0 rings (SSSR count). The van der Waals surface area contributed by atoms with Gasteiger partial charge in [-0.1, -0.05) is 37.1 Å². The van der Waals surface area contributed by atoms with Gasteiger partial charge in [0.2, 0.25) is 0 Å². The highest BCUT2D eigenvalue weighted by atomic mass is 16.5. The predicted octanol–water partition coefficient (Wildman–Crippen LogP) is 4.41. The van der Waals surface area contributed by atoms with Crippen LogP contribution in [0.2, 0.25) is 0 Å². The number of ether oxygens (including phenoxy) is 1. The van der Waals surface area contributed by atoms with Gasteiger partial charge in [-0.25, -0.2) is 0 Å². The Morgan fingerprint density at radius 2 is 1.59 bits per heavy atom. The number of unbranched alkanes of at least 4 members (excludes halogenated alkanes) is 5. The maximum atomic E-state index is 10.5. The predicted molar refractivity (Wildman–Crippen MR) is 72.9 cm³/mol. The molecule has 0 aliphatic heterocycles. The first-order chi connectivity index (χ1) is 8.27. The Labute approximate surface area is 106 Å². The number of hydrogen-bond acceptors (Lipinski definition) is 2. The Hall–Kier alpha value is -1.05. The van der Waals surface area contributed by atoms with Crippen LogP contribution in [0.3, 0.4) is 0 Å². The van der Waals surface area contributed by atoms with E-state index in [0.717, 1.165) is 25.7 Å². The van der Waals surface area contributed by atoms with Crippen LogP contribution in [0.25, 0.3) is 0 Å². The molecule has 17 heavy (non-hydrogen) atoms. The number of hydrogen-bond donors (Lipinski definition) is 0. The lowest BCUT2D eigenvalue weighted by Crippen LogP contribution is -1.99. The second-order valence-corrected chi connectivity index (χ2v) is 4.16. The standard InChI is InChI=1S/C15H26O2/c1-3-4-5-6-7-8-9-10-11-12-13-14-17-15(2)16/h3-4,7-8H,5-6,9-14H2,1-2H3/b4-3-,8-7-. The second-order valence-electron chi connectivity index (χ2n) is 4.16. The molecule has 2 nitrogen and oxygen atoms in total. The fourth-order valence-electron chi connectivity index (χ4n) is 1.53. The van der Waals surface area contributed by atoms with Crippen molar-refractivity contribution in [3.8, 4) is 0 Å². The quantitative estimate of drug-likeness (QED) is 0.320. The van der Waals surface area contributed by atoms with Crippen molar-refractivity contribution < 1.29 is 9.53 Å². The third-order valence-corrected chi connectivity index (χ3v) is 2.47. The molecule has 0 bridgehead atoms. The van der Waals surface area contributed by atoms with Crippen LogP contribution in [0.1, 0.15) is 58.8 Å². The summed E-state index contributed by atoms with van der Waals surface area (Å²) in [4.78, 5) is 10.5. The number of carbonyl (C=O) groups excluding carboxylic acids is 1. The van der Waals surface area contributed by atoms with E-state index >= 15 is 0 Å². The van der Waals surface area contributed by atoms with E-state index in [1.807, 2.05) is 0 Å². The zero-order valence-electron chi connectivity index (χ0n) is 11.3. The molecule has 0 radical (unpaired) electrons. The van der Waals surface area contributed by atoms with Crippen molar-refractivity contribution in [2.24, 2.45) is 0 Å². The van der Waals surface area contributed by atoms with E-state index in [9.17, 15) is 4.79 Å². The molecule has 0 aromatic carbocycles. The van der Waals surface area contributed by atoms with E-state index in [0.29, 0.717) is 6.61 Å². The van der Waals surface area contributed by atoms with Gasteiger partial charge in [-0.15, -0.1) is 0 Å². The summed E-state index contributed by atoms with van der Waals surface area (Å²) < 4.78 is 4.87. The number of rotatable bonds is 10. The number of carbonyl (C=O) groups is 1. The summed E-state index contributed by atoms with van der Waals surface area (Å²) in [7, 11) is 0. The first-order valence-electron chi connectivity index (χ1n) is 6.67. The van der Waals surface area contributed by atoms with Crippen LogP contribution in [-0.2, 0) is 9.53 Å². The van der Waals surface area contributed by atoms with Crippen molar-refractivity contribution in [2.75, 3.05) is 6.61 Å². The van der Waals surface area contributed by atoms with Gasteiger partial charge in [-0.3, -0.25) is 4.79 Å². The van der Waals surface area contributed by atoms with Crippen LogP contribution in [0, 0.1) is 0 Å². The van der Waals surface area contributed by atoms with Crippen molar-refractivity contribution in [3.05, 3.63) is 24.3 Å². The van der Waals surface area contributed by atoms with Gasteiger partial charge in [0.1, 0.15) is 0 Å². The summed E-state index contributed by atoms with van der Waals surface area (Å²) in [5.41, 5.74) is 0. The normalized spacial score (nSPS) is 11.4. The molecule has 0 spiro atoms. The van der Waals surface area contributed by atoms with Gasteiger partial charge in [0.25, 0.3) is 0 Å². The zero-order chi connectivity index (χ0) is 12.8. The average Bonchev–Trinajstić information content (AvgIpc) is 2.30. The van der Waals surface area contributed by atoms with Crippen molar-refractivity contribution in [2.45, 2.75) is 58.8 Å². The highest BCUT2D eigenvalue weighted by molar-refractivity contribution is 5.65. The van der Waals surface area contributed by atoms with Crippen molar-refractivity contribution in [3.63, 3.8) is 0 Å². The summed E-state index contributed by atoms with van der Waals surface area (Å²) in [6, 6.07) is 0. The first kappa shape index (κ1) is 16.0. The third kappa shape index (κ3) is 14.9. The van der Waals surface area contributed by atoms with Crippen molar-refractivity contribution in [1.29, 1.82) is 0 Å². The molecule has 0 heterocycles. The molecular formula is C15H26O2. The molecule has 0 aliphatic rings. The number of esters is 1. The molecule has 0 aromatic heterocycles. The monoisotopic (exact) mass is 238 g/mol. The van der Waals surface area contributed by atoms with E-state index in [4.69, 9.17) is 4.74 Å². The summed E-state index contributed by atoms with van der Waals surface area (Å²) in [6.07, 6.45) is 16.9. The summed E-state index contributed by atoms with van der Waals surface area (Å²) in [5.74, 6) is -0.172. The van der Waals surface area contributed by atoms with Crippen molar-refractivity contribution >= 4 is 5.97 Å². The summed E-state index contributed by atoms with van der Waals surface area (Å²) >= 11 is 0. The molecule has 0 unspecified atom stereocenters. The zero-order valence-corrected chi connectivity index (χ0v) is 11.3. The van der Waals surface area contributed by atoms with E-state index in [2.05, 4.69) is 31.2 Å². The average molecular weight is 238 g/mol. The Balaban J connectivity index is 3.10. The van der Waals surface area contributed by atoms with Gasteiger partial charge in [0, 0.05) is 6.92 Å². The van der Waals surface area contributed by atoms with Crippen LogP contribution in [-0.4, -0.2) is 12.6 Å². The summed E-state index contributed by atoms with van der Waals surface area (Å²) in [6.45, 7) is 4.09. The summed E-state index contributed by atoms with van der Waals surface area (Å²) in [5, 5.41) is 0. The third-order valence-electron chi connectivity index (χ3n) is 2.47. The van der Waals surface area contributed by atoms with Crippen LogP contribution < -0.4 is 0 Å². The van der Waals surface area contributed by atoms with E-state index in [1.165, 1.54) is 26.2 Å². The van der Waals surface area contributed by atoms with Crippen LogP contribution in [0.15, 0.2) is 24.3 Å². The van der Waals surface area contributed by atoms with Gasteiger partial charge in [0.05, 0.1) is 6.61 Å². The lowest BCUT2D eigenvalue weighted by molar-refractivity contribution is -0.141. The molecule has 0 saturated heterocycles. The minimum Gasteiger partial charge on any atom is -0.466 e. The van der Waals surface area contributed by atoms with Crippen molar-refractivity contribution in [1.82, 2.24) is 0 Å². The molecule has 0 fully saturated rings. The van der Waals surface area contributed by atoms with Crippen LogP contribution >= 0.6 is 0 Å². The Morgan fingerprint density at radius 3 is 2.29 bits per heavy atom. The van der Waals surface area contributed by atoms with Gasteiger partial charge < -0.3 is 4.74 Å². The van der Waals surface area contributed by atoms with E-state index in [-0.39, 0.29) is 5.97 Å². The van der Waals surface area contributed by atoms with Gasteiger partial charge >= 0.3 is 5.97 Å². The Kier molecular flexibility index (Phi) is 12.2. The molecule has 2 heteroatoms. The topological polar surface area (TPSA) is 26.3 Å². The molecule has 0 atom stereocenters. The molecule has 0 saturated carbocycles. The fraction of sp³-hybridized carbons (Fsp3) is 0.667. The Morgan fingerprint density at radius 1 is 0.941 bits per heavy atom. The lowest BCUT2D eigenvalue weighted by atomic mass is 10.1. The van der Waals surface area contributed by atoms with Gasteiger partial charge in [-0.05, 0) is 39.0 Å². The maximum absolute atomic E-state index is 10.5. The smallest absolute Gasteiger partial charge is 0.302 e. The van der Waals surface area contributed by atoms with E-state index < -0.39 is 0 Å². The highest BCUT2D eigenvalue weighted by Gasteiger charge is 1.92. The molecule has 0 aromatic rings.